The lowest BCUT2D eigenvalue weighted by Crippen LogP contribution is -2.17. The van der Waals surface area contributed by atoms with Gasteiger partial charge in [0.25, 0.3) is 0 Å². The first-order valence-corrected chi connectivity index (χ1v) is 8.37. The van der Waals surface area contributed by atoms with Gasteiger partial charge in [0.15, 0.2) is 9.84 Å². The summed E-state index contributed by atoms with van der Waals surface area (Å²) in [5, 5.41) is 0. The molecule has 4 nitrogen and oxygen atoms in total. The summed E-state index contributed by atoms with van der Waals surface area (Å²) >= 11 is 0. The minimum absolute atomic E-state index is 0.0404. The third-order valence-electron chi connectivity index (χ3n) is 3.06. The Bertz CT molecular complexity index is 564. The largest absolute Gasteiger partial charge is 0.366 e. The molecule has 0 spiro atoms. The third kappa shape index (κ3) is 4.81. The number of unbranched alkanes of at least 4 members (excludes halogenated alkanes) is 4. The fourth-order valence-corrected chi connectivity index (χ4v) is 3.58. The van der Waals surface area contributed by atoms with Gasteiger partial charge in [-0.2, -0.15) is 0 Å². The van der Waals surface area contributed by atoms with Crippen LogP contribution in [0.2, 0.25) is 0 Å². The van der Waals surface area contributed by atoms with Crippen LogP contribution in [0.15, 0.2) is 41.8 Å². The van der Waals surface area contributed by atoms with Crippen LogP contribution in [-0.4, -0.2) is 20.1 Å². The van der Waals surface area contributed by atoms with Crippen molar-refractivity contribution in [3.05, 3.63) is 42.5 Å². The van der Waals surface area contributed by atoms with Crippen LogP contribution in [0.1, 0.15) is 42.5 Å². The molecule has 0 aliphatic carbocycles. The van der Waals surface area contributed by atoms with Crippen LogP contribution in [0.5, 0.6) is 0 Å². The Labute approximate surface area is 120 Å². The van der Waals surface area contributed by atoms with Gasteiger partial charge < -0.3 is 5.73 Å². The molecule has 1 aromatic carbocycles. The molecule has 0 unspecified atom stereocenters. The second-order valence-electron chi connectivity index (χ2n) is 4.67. The van der Waals surface area contributed by atoms with Crippen LogP contribution in [-0.2, 0) is 9.84 Å². The molecule has 0 aliphatic heterocycles. The van der Waals surface area contributed by atoms with Gasteiger partial charge in [-0.1, -0.05) is 31.1 Å². The van der Waals surface area contributed by atoms with Gasteiger partial charge in [0.2, 0.25) is 5.91 Å². The minimum Gasteiger partial charge on any atom is -0.366 e. The highest BCUT2D eigenvalue weighted by molar-refractivity contribution is 7.91. The molecule has 0 bridgehead atoms. The van der Waals surface area contributed by atoms with E-state index in [2.05, 4.69) is 6.58 Å². The summed E-state index contributed by atoms with van der Waals surface area (Å²) in [6, 6.07) is 6.09. The number of nitrogens with two attached hydrogens (primary N) is 1. The van der Waals surface area contributed by atoms with E-state index in [4.69, 9.17) is 5.73 Å². The minimum atomic E-state index is -3.45. The van der Waals surface area contributed by atoms with Crippen LogP contribution in [0, 0.1) is 0 Å². The summed E-state index contributed by atoms with van der Waals surface area (Å²) in [4.78, 5) is 11.3. The molecule has 0 atom stereocenters. The zero-order chi connectivity index (χ0) is 15.0. The zero-order valence-electron chi connectivity index (χ0n) is 11.5. The first-order valence-electron chi connectivity index (χ1n) is 6.71. The van der Waals surface area contributed by atoms with Crippen molar-refractivity contribution in [3.8, 4) is 0 Å². The molecule has 1 amide bonds. The van der Waals surface area contributed by atoms with Crippen molar-refractivity contribution in [2.75, 3.05) is 5.75 Å². The maximum Gasteiger partial charge on any atom is 0.250 e. The molecule has 0 heterocycles. The van der Waals surface area contributed by atoms with E-state index in [1.807, 2.05) is 6.08 Å². The molecule has 110 valence electrons. The topological polar surface area (TPSA) is 77.2 Å². The smallest absolute Gasteiger partial charge is 0.250 e. The first kappa shape index (κ1) is 16.4. The lowest BCUT2D eigenvalue weighted by atomic mass is 10.2. The summed E-state index contributed by atoms with van der Waals surface area (Å²) in [7, 11) is -3.45. The number of sulfone groups is 1. The maximum absolute atomic E-state index is 12.2. The van der Waals surface area contributed by atoms with Crippen molar-refractivity contribution in [3.63, 3.8) is 0 Å². The van der Waals surface area contributed by atoms with Crippen molar-refractivity contribution in [2.24, 2.45) is 5.73 Å². The second-order valence-corrected chi connectivity index (χ2v) is 6.75. The monoisotopic (exact) mass is 295 g/mol. The Hall–Kier alpha value is -1.62. The van der Waals surface area contributed by atoms with Gasteiger partial charge in [0.1, 0.15) is 0 Å². The van der Waals surface area contributed by atoms with E-state index in [0.717, 1.165) is 25.7 Å². The highest BCUT2D eigenvalue weighted by Gasteiger charge is 2.20. The molecule has 0 aromatic heterocycles. The van der Waals surface area contributed by atoms with Crippen molar-refractivity contribution < 1.29 is 13.2 Å². The number of hydrogen-bond acceptors (Lipinski definition) is 3. The van der Waals surface area contributed by atoms with Gasteiger partial charge in [-0.05, 0) is 31.4 Å². The average Bonchev–Trinajstić information content (AvgIpc) is 2.42. The highest BCUT2D eigenvalue weighted by atomic mass is 32.2. The first-order chi connectivity index (χ1) is 9.49. The van der Waals surface area contributed by atoms with E-state index in [-0.39, 0.29) is 16.2 Å². The molecule has 0 saturated heterocycles. The molecule has 0 fully saturated rings. The van der Waals surface area contributed by atoms with Crippen LogP contribution in [0.25, 0.3) is 0 Å². The molecule has 1 rings (SSSR count). The molecule has 0 radical (unpaired) electrons. The number of carbonyl (C=O) groups is 1. The van der Waals surface area contributed by atoms with Crippen LogP contribution >= 0.6 is 0 Å². The SMILES string of the molecule is C=CCCCCCCS(=O)(=O)c1ccccc1C(N)=O. The lowest BCUT2D eigenvalue weighted by molar-refractivity contribution is 0.0997. The third-order valence-corrected chi connectivity index (χ3v) is 4.91. The molecule has 5 heteroatoms. The zero-order valence-corrected chi connectivity index (χ0v) is 12.4. The maximum atomic E-state index is 12.2. The van der Waals surface area contributed by atoms with E-state index in [1.165, 1.54) is 12.1 Å². The second kappa shape index (κ2) is 7.85. The number of rotatable bonds is 9. The number of benzene rings is 1. The van der Waals surface area contributed by atoms with Gasteiger partial charge in [-0.15, -0.1) is 6.58 Å². The standard InChI is InChI=1S/C15H21NO3S/c1-2-3-4-5-6-9-12-20(18,19)14-11-8-7-10-13(14)15(16)17/h2,7-8,10-11H,1,3-6,9,12H2,(H2,16,17). The number of carbonyl (C=O) groups excluding carboxylic acids is 1. The lowest BCUT2D eigenvalue weighted by Gasteiger charge is -2.08. The van der Waals surface area contributed by atoms with E-state index in [0.29, 0.717) is 6.42 Å². The molecule has 0 aliphatic rings. The van der Waals surface area contributed by atoms with E-state index in [9.17, 15) is 13.2 Å². The Morgan fingerprint density at radius 3 is 2.45 bits per heavy atom. The van der Waals surface area contributed by atoms with Crippen LogP contribution in [0.4, 0.5) is 0 Å². The summed E-state index contributed by atoms with van der Waals surface area (Å²) in [6.07, 6.45) is 6.27. The average molecular weight is 295 g/mol. The quantitative estimate of drug-likeness (QED) is 0.562. The van der Waals surface area contributed by atoms with Gasteiger partial charge in [-0.3, -0.25) is 4.79 Å². The Balaban J connectivity index is 2.65. The Morgan fingerprint density at radius 2 is 1.80 bits per heavy atom. The van der Waals surface area contributed by atoms with Crippen LogP contribution < -0.4 is 5.73 Å². The van der Waals surface area contributed by atoms with E-state index < -0.39 is 15.7 Å². The predicted octanol–water partition coefficient (Wildman–Crippen LogP) is 2.70. The Morgan fingerprint density at radius 1 is 1.15 bits per heavy atom. The summed E-state index contributed by atoms with van der Waals surface area (Å²) < 4.78 is 24.4. The number of allylic oxidation sites excluding steroid dienone is 1. The summed E-state index contributed by atoms with van der Waals surface area (Å²) in [5.41, 5.74) is 5.28. The van der Waals surface area contributed by atoms with Gasteiger partial charge in [0, 0.05) is 0 Å². The summed E-state index contributed by atoms with van der Waals surface area (Å²) in [5.74, 6) is -0.666. The van der Waals surface area contributed by atoms with Crippen molar-refractivity contribution >= 4 is 15.7 Å². The van der Waals surface area contributed by atoms with Crippen molar-refractivity contribution in [1.29, 1.82) is 0 Å². The fourth-order valence-electron chi connectivity index (χ4n) is 1.99. The number of hydrogen-bond donors (Lipinski definition) is 1. The van der Waals surface area contributed by atoms with Crippen molar-refractivity contribution in [2.45, 2.75) is 37.0 Å². The molecular formula is C15H21NO3S. The van der Waals surface area contributed by atoms with Crippen molar-refractivity contribution in [1.82, 2.24) is 0 Å². The summed E-state index contributed by atoms with van der Waals surface area (Å²) in [6.45, 7) is 3.64. The molecule has 2 N–H and O–H groups in total. The number of primary amides is 1. The van der Waals surface area contributed by atoms with Crippen LogP contribution in [0.3, 0.4) is 0 Å². The molecular weight excluding hydrogens is 274 g/mol. The predicted molar refractivity (Wildman–Crippen MR) is 80.3 cm³/mol. The van der Waals surface area contributed by atoms with Gasteiger partial charge in [-0.25, -0.2) is 8.42 Å². The van der Waals surface area contributed by atoms with Gasteiger partial charge >= 0.3 is 0 Å². The molecule has 20 heavy (non-hydrogen) atoms. The molecule has 0 saturated carbocycles. The number of amides is 1. The fraction of sp³-hybridized carbons (Fsp3) is 0.400. The van der Waals surface area contributed by atoms with E-state index >= 15 is 0 Å². The Kier molecular flexibility index (Phi) is 6.45. The van der Waals surface area contributed by atoms with E-state index in [1.54, 1.807) is 12.1 Å². The highest BCUT2D eigenvalue weighted by Crippen LogP contribution is 2.18. The van der Waals surface area contributed by atoms with Gasteiger partial charge in [0.05, 0.1) is 16.2 Å². The normalized spacial score (nSPS) is 11.2. The molecule has 1 aromatic rings.